The smallest absolute Gasteiger partial charge is 0.236 e. The van der Waals surface area contributed by atoms with Gasteiger partial charge in [0.25, 0.3) is 0 Å². The molecule has 1 aliphatic heterocycles. The number of amides is 1. The summed E-state index contributed by atoms with van der Waals surface area (Å²) in [5.74, 6) is 0.549. The fourth-order valence-electron chi connectivity index (χ4n) is 2.41. The van der Waals surface area contributed by atoms with Crippen LogP contribution in [0.15, 0.2) is 24.3 Å². The van der Waals surface area contributed by atoms with Crippen LogP contribution in [-0.4, -0.2) is 30.4 Å². The van der Waals surface area contributed by atoms with E-state index in [1.165, 1.54) is 11.1 Å². The molecular weight excluding hydrogens is 200 g/mol. The number of carbonyl (C=O) groups excluding carboxylic acids is 1. The predicted octanol–water partition coefficient (Wildman–Crippen LogP) is 1.27. The summed E-state index contributed by atoms with van der Waals surface area (Å²) in [5, 5.41) is 0. The van der Waals surface area contributed by atoms with Crippen molar-refractivity contribution in [2.45, 2.75) is 19.3 Å². The van der Waals surface area contributed by atoms with E-state index >= 15 is 0 Å². The number of nitrogens with two attached hydrogens (primary N) is 1. The van der Waals surface area contributed by atoms with Gasteiger partial charge in [-0.25, -0.2) is 0 Å². The molecule has 16 heavy (non-hydrogen) atoms. The molecule has 1 amide bonds. The Bertz CT molecular complexity index is 389. The van der Waals surface area contributed by atoms with Crippen molar-refractivity contribution in [2.24, 2.45) is 5.73 Å². The van der Waals surface area contributed by atoms with Gasteiger partial charge < -0.3 is 10.6 Å². The molecule has 0 saturated carbocycles. The molecule has 0 bridgehead atoms. The van der Waals surface area contributed by atoms with Crippen LogP contribution in [-0.2, 0) is 4.79 Å². The fourth-order valence-corrected chi connectivity index (χ4v) is 2.41. The lowest BCUT2D eigenvalue weighted by atomic mass is 9.94. The highest BCUT2D eigenvalue weighted by Gasteiger charge is 2.26. The molecule has 0 aromatic heterocycles. The summed E-state index contributed by atoms with van der Waals surface area (Å²) in [6.07, 6.45) is 1.05. The van der Waals surface area contributed by atoms with Crippen LogP contribution in [0, 0.1) is 6.92 Å². The quantitative estimate of drug-likeness (QED) is 0.812. The van der Waals surface area contributed by atoms with Crippen molar-refractivity contribution in [1.82, 2.24) is 4.90 Å². The van der Waals surface area contributed by atoms with Gasteiger partial charge in [-0.2, -0.15) is 0 Å². The van der Waals surface area contributed by atoms with Gasteiger partial charge in [0.1, 0.15) is 0 Å². The first kappa shape index (κ1) is 11.1. The Morgan fingerprint density at radius 2 is 2.25 bits per heavy atom. The number of hydrogen-bond acceptors (Lipinski definition) is 2. The van der Waals surface area contributed by atoms with Gasteiger partial charge in [0.05, 0.1) is 6.54 Å². The highest BCUT2D eigenvalue weighted by Crippen LogP contribution is 2.29. The van der Waals surface area contributed by atoms with Crippen LogP contribution in [0.5, 0.6) is 0 Å². The Hall–Kier alpha value is -1.35. The highest BCUT2D eigenvalue weighted by atomic mass is 16.2. The second kappa shape index (κ2) is 4.66. The van der Waals surface area contributed by atoms with Gasteiger partial charge >= 0.3 is 0 Å². The van der Waals surface area contributed by atoms with Crippen LogP contribution in [0.2, 0.25) is 0 Å². The summed E-state index contributed by atoms with van der Waals surface area (Å²) in [7, 11) is 0. The molecule has 2 rings (SSSR count). The maximum atomic E-state index is 11.5. The third kappa shape index (κ3) is 2.09. The Morgan fingerprint density at radius 3 is 2.94 bits per heavy atom. The summed E-state index contributed by atoms with van der Waals surface area (Å²) in [4.78, 5) is 13.3. The van der Waals surface area contributed by atoms with E-state index in [9.17, 15) is 4.79 Å². The Morgan fingerprint density at radius 1 is 1.50 bits per heavy atom. The zero-order valence-corrected chi connectivity index (χ0v) is 9.65. The van der Waals surface area contributed by atoms with Gasteiger partial charge in [0.15, 0.2) is 0 Å². The van der Waals surface area contributed by atoms with E-state index in [-0.39, 0.29) is 12.5 Å². The summed E-state index contributed by atoms with van der Waals surface area (Å²) in [5.41, 5.74) is 8.06. The van der Waals surface area contributed by atoms with E-state index in [0.717, 1.165) is 19.5 Å². The number of likely N-dealkylation sites (tertiary alicyclic amines) is 1. The minimum Gasteiger partial charge on any atom is -0.341 e. The second-order valence-corrected chi connectivity index (χ2v) is 4.39. The van der Waals surface area contributed by atoms with E-state index < -0.39 is 0 Å². The third-order valence-electron chi connectivity index (χ3n) is 3.34. The molecule has 1 aliphatic rings. The largest absolute Gasteiger partial charge is 0.341 e. The number of aryl methyl sites for hydroxylation is 1. The zero-order chi connectivity index (χ0) is 11.5. The molecule has 1 atom stereocenters. The van der Waals surface area contributed by atoms with Crippen molar-refractivity contribution >= 4 is 5.91 Å². The maximum absolute atomic E-state index is 11.5. The molecule has 0 radical (unpaired) electrons. The van der Waals surface area contributed by atoms with Gasteiger partial charge in [-0.3, -0.25) is 4.79 Å². The first-order valence-electron chi connectivity index (χ1n) is 5.75. The van der Waals surface area contributed by atoms with E-state index in [4.69, 9.17) is 5.73 Å². The number of carbonyl (C=O) groups is 1. The third-order valence-corrected chi connectivity index (χ3v) is 3.34. The molecule has 1 unspecified atom stereocenters. The maximum Gasteiger partial charge on any atom is 0.236 e. The van der Waals surface area contributed by atoms with Crippen molar-refractivity contribution in [3.8, 4) is 0 Å². The van der Waals surface area contributed by atoms with Gasteiger partial charge in [0.2, 0.25) is 5.91 Å². The highest BCUT2D eigenvalue weighted by molar-refractivity contribution is 5.78. The number of hydrogen-bond donors (Lipinski definition) is 1. The van der Waals surface area contributed by atoms with Gasteiger partial charge in [-0.15, -0.1) is 0 Å². The summed E-state index contributed by atoms with van der Waals surface area (Å²) < 4.78 is 0. The monoisotopic (exact) mass is 218 g/mol. The number of rotatable bonds is 2. The average molecular weight is 218 g/mol. The van der Waals surface area contributed by atoms with Crippen LogP contribution < -0.4 is 5.73 Å². The van der Waals surface area contributed by atoms with Crippen LogP contribution in [0.1, 0.15) is 23.5 Å². The molecule has 0 aliphatic carbocycles. The van der Waals surface area contributed by atoms with Crippen molar-refractivity contribution < 1.29 is 4.79 Å². The summed E-state index contributed by atoms with van der Waals surface area (Å²) in [6, 6.07) is 8.41. The lowest BCUT2D eigenvalue weighted by Crippen LogP contribution is -2.33. The van der Waals surface area contributed by atoms with Crippen molar-refractivity contribution in [3.63, 3.8) is 0 Å². The molecule has 1 saturated heterocycles. The van der Waals surface area contributed by atoms with Gasteiger partial charge in [-0.1, -0.05) is 24.3 Å². The molecule has 3 heteroatoms. The molecule has 0 spiro atoms. The molecule has 1 aromatic carbocycles. The Kier molecular flexibility index (Phi) is 3.25. The van der Waals surface area contributed by atoms with Crippen molar-refractivity contribution in [1.29, 1.82) is 0 Å². The lowest BCUT2D eigenvalue weighted by Gasteiger charge is -2.16. The zero-order valence-electron chi connectivity index (χ0n) is 9.65. The van der Waals surface area contributed by atoms with Crippen LogP contribution in [0.25, 0.3) is 0 Å². The van der Waals surface area contributed by atoms with E-state index in [1.54, 1.807) is 0 Å². The molecule has 3 nitrogen and oxygen atoms in total. The number of nitrogens with zero attached hydrogens (tertiary/aromatic N) is 1. The standard InChI is InChI=1S/C13H18N2O/c1-10-4-2-3-5-12(10)11-6-7-15(9-11)13(16)8-14/h2-5,11H,6-9,14H2,1H3. The van der Waals surface area contributed by atoms with Crippen molar-refractivity contribution in [2.75, 3.05) is 19.6 Å². The Labute approximate surface area is 96.2 Å². The SMILES string of the molecule is Cc1ccccc1C1CCN(C(=O)CN)C1. The first-order chi connectivity index (χ1) is 7.72. The average Bonchev–Trinajstić information content (AvgIpc) is 2.78. The second-order valence-electron chi connectivity index (χ2n) is 4.39. The van der Waals surface area contributed by atoms with Gasteiger partial charge in [0, 0.05) is 19.0 Å². The topological polar surface area (TPSA) is 46.3 Å². The van der Waals surface area contributed by atoms with E-state index in [1.807, 2.05) is 4.90 Å². The molecule has 86 valence electrons. The van der Waals surface area contributed by atoms with Crippen LogP contribution in [0.4, 0.5) is 0 Å². The van der Waals surface area contributed by atoms with Crippen LogP contribution >= 0.6 is 0 Å². The molecular formula is C13H18N2O. The summed E-state index contributed by atoms with van der Waals surface area (Å²) >= 11 is 0. The lowest BCUT2D eigenvalue weighted by molar-refractivity contribution is -0.128. The predicted molar refractivity (Wildman–Crippen MR) is 64.2 cm³/mol. The minimum absolute atomic E-state index is 0.0658. The molecule has 1 fully saturated rings. The molecule has 1 aromatic rings. The first-order valence-corrected chi connectivity index (χ1v) is 5.75. The number of benzene rings is 1. The molecule has 1 heterocycles. The van der Waals surface area contributed by atoms with Crippen LogP contribution in [0.3, 0.4) is 0 Å². The Balaban J connectivity index is 2.09. The molecule has 2 N–H and O–H groups in total. The summed E-state index contributed by atoms with van der Waals surface area (Å²) in [6.45, 7) is 3.92. The minimum atomic E-state index is 0.0658. The fraction of sp³-hybridized carbons (Fsp3) is 0.462. The normalized spacial score (nSPS) is 20.1. The van der Waals surface area contributed by atoms with Gasteiger partial charge in [-0.05, 0) is 24.5 Å². The van der Waals surface area contributed by atoms with E-state index in [0.29, 0.717) is 5.92 Å². The van der Waals surface area contributed by atoms with Crippen molar-refractivity contribution in [3.05, 3.63) is 35.4 Å². The van der Waals surface area contributed by atoms with E-state index in [2.05, 4.69) is 31.2 Å².